The normalized spacial score (nSPS) is 16.4. The topological polar surface area (TPSA) is 17.0 Å². The molecule has 188 valence electrons. The number of para-hydroxylation sites is 2. The zero-order valence-electron chi connectivity index (χ0n) is 21.7. The van der Waals surface area contributed by atoms with Gasteiger partial charge in [-0.2, -0.15) is 0 Å². The minimum absolute atomic E-state index is 0.340. The molecule has 0 spiro atoms. The van der Waals surface area contributed by atoms with Gasteiger partial charge >= 0.3 is 0 Å². The molecule has 2 aliphatic rings. The quantitative estimate of drug-likeness (QED) is 0.250. The van der Waals surface area contributed by atoms with Crippen molar-refractivity contribution >= 4 is 35.4 Å². The number of aromatic nitrogens is 1. The molecule has 1 N–H and O–H groups in total. The Hall–Kier alpha value is -4.60. The molecule has 1 atom stereocenters. The van der Waals surface area contributed by atoms with E-state index in [0.717, 1.165) is 6.42 Å². The molecule has 0 fully saturated rings. The van der Waals surface area contributed by atoms with Crippen LogP contribution in [0.15, 0.2) is 157 Å². The van der Waals surface area contributed by atoms with Crippen molar-refractivity contribution in [2.75, 3.05) is 0 Å². The summed E-state index contributed by atoms with van der Waals surface area (Å²) in [6.45, 7) is 0. The summed E-state index contributed by atoms with van der Waals surface area (Å²) in [5, 5.41) is 8.94. The lowest BCUT2D eigenvalue weighted by Crippen LogP contribution is -2.63. The van der Waals surface area contributed by atoms with E-state index in [1.807, 2.05) is 6.20 Å². The maximum absolute atomic E-state index is 3.30. The Labute approximate surface area is 231 Å². The molecule has 1 aliphatic carbocycles. The molecule has 2 nitrogen and oxygen atoms in total. The number of nitrogens with one attached hydrogen (secondary N) is 1. The van der Waals surface area contributed by atoms with Crippen molar-refractivity contribution in [3.63, 3.8) is 0 Å². The highest BCUT2D eigenvalue weighted by Gasteiger charge is 2.47. The van der Waals surface area contributed by atoms with Gasteiger partial charge in [0, 0.05) is 29.2 Å². The third kappa shape index (κ3) is 3.86. The van der Waals surface area contributed by atoms with Gasteiger partial charge in [-0.05, 0) is 69.5 Å². The van der Waals surface area contributed by atoms with E-state index < -0.39 is 8.07 Å². The van der Waals surface area contributed by atoms with Crippen molar-refractivity contribution in [3.05, 3.63) is 168 Å². The Morgan fingerprint density at radius 3 is 2.03 bits per heavy atom. The number of hydrogen-bond acceptors (Lipinski definition) is 1. The van der Waals surface area contributed by atoms with Crippen LogP contribution in [0.3, 0.4) is 0 Å². The van der Waals surface area contributed by atoms with Crippen molar-refractivity contribution < 1.29 is 0 Å². The van der Waals surface area contributed by atoms with Gasteiger partial charge in [0.05, 0.1) is 5.52 Å². The van der Waals surface area contributed by atoms with E-state index in [1.165, 1.54) is 43.4 Å². The maximum atomic E-state index is 3.30. The monoisotopic (exact) mass is 518 g/mol. The van der Waals surface area contributed by atoms with Gasteiger partial charge in [-0.1, -0.05) is 109 Å². The minimum atomic E-state index is -2.52. The van der Waals surface area contributed by atoms with Crippen LogP contribution in [0.4, 0.5) is 0 Å². The molecule has 2 heterocycles. The molecule has 0 saturated carbocycles. The van der Waals surface area contributed by atoms with Crippen molar-refractivity contribution in [2.45, 2.75) is 12.0 Å². The van der Waals surface area contributed by atoms with E-state index in [2.05, 4.69) is 162 Å². The summed E-state index contributed by atoms with van der Waals surface area (Å²) in [5.41, 5.74) is 5.56. The molecule has 3 heteroatoms. The molecule has 0 amide bonds. The first-order valence-electron chi connectivity index (χ1n) is 13.6. The molecule has 4 aromatic carbocycles. The predicted molar refractivity (Wildman–Crippen MR) is 167 cm³/mol. The molecule has 1 aromatic heterocycles. The van der Waals surface area contributed by atoms with E-state index >= 15 is 0 Å². The SMILES string of the molecule is C1=CNC=CC([Si](c2ccccc2)(c2ccccc2)C2C=Cc3c(c4ccccc4n3-c3ccccc3)C2)=C1. The summed E-state index contributed by atoms with van der Waals surface area (Å²) < 4.78 is 2.43. The average molecular weight is 519 g/mol. The average Bonchev–Trinajstić information content (AvgIpc) is 3.12. The van der Waals surface area contributed by atoms with Gasteiger partial charge in [0.15, 0.2) is 8.07 Å². The lowest BCUT2D eigenvalue weighted by molar-refractivity contribution is 0.939. The summed E-state index contributed by atoms with van der Waals surface area (Å²) >= 11 is 0. The summed E-state index contributed by atoms with van der Waals surface area (Å²) in [4.78, 5) is 0. The van der Waals surface area contributed by atoms with Crippen molar-refractivity contribution in [1.29, 1.82) is 0 Å². The van der Waals surface area contributed by atoms with Crippen LogP contribution in [0.25, 0.3) is 22.7 Å². The van der Waals surface area contributed by atoms with Gasteiger partial charge in [-0.3, -0.25) is 0 Å². The zero-order valence-corrected chi connectivity index (χ0v) is 22.7. The molecule has 0 saturated heterocycles. The zero-order chi connectivity index (χ0) is 26.1. The predicted octanol–water partition coefficient (Wildman–Crippen LogP) is 6.93. The van der Waals surface area contributed by atoms with Crippen molar-refractivity contribution in [1.82, 2.24) is 9.88 Å². The van der Waals surface area contributed by atoms with Gasteiger partial charge in [-0.25, -0.2) is 0 Å². The number of allylic oxidation sites excluding steroid dienone is 5. The Kier molecular flexibility index (Phi) is 5.99. The van der Waals surface area contributed by atoms with Crippen LogP contribution in [0.1, 0.15) is 11.3 Å². The molecule has 0 radical (unpaired) electrons. The van der Waals surface area contributed by atoms with E-state index in [4.69, 9.17) is 0 Å². The van der Waals surface area contributed by atoms with Crippen LogP contribution >= 0.6 is 0 Å². The third-order valence-corrected chi connectivity index (χ3v) is 13.5. The number of benzene rings is 4. The summed E-state index contributed by atoms with van der Waals surface area (Å²) in [5.74, 6) is 0. The van der Waals surface area contributed by atoms with E-state index in [1.54, 1.807) is 0 Å². The fourth-order valence-electron chi connectivity index (χ4n) is 6.63. The molecule has 1 aliphatic heterocycles. The number of rotatable bonds is 5. The summed E-state index contributed by atoms with van der Waals surface area (Å²) in [7, 11) is -2.52. The number of hydrogen-bond donors (Lipinski definition) is 1. The fourth-order valence-corrected chi connectivity index (χ4v) is 11.9. The Balaban J connectivity index is 1.49. The second-order valence-electron chi connectivity index (χ2n) is 10.2. The van der Waals surface area contributed by atoms with Crippen LogP contribution < -0.4 is 15.7 Å². The number of fused-ring (bicyclic) bond motifs is 3. The maximum Gasteiger partial charge on any atom is 0.155 e. The highest BCUT2D eigenvalue weighted by atomic mass is 28.3. The molecule has 39 heavy (non-hydrogen) atoms. The first-order chi connectivity index (χ1) is 19.4. The second kappa shape index (κ2) is 9.94. The molecular weight excluding hydrogens is 488 g/mol. The Morgan fingerprint density at radius 2 is 1.31 bits per heavy atom. The molecule has 1 unspecified atom stereocenters. The molecular formula is C36H30N2Si. The van der Waals surface area contributed by atoms with Gasteiger partial charge in [0.2, 0.25) is 0 Å². The first kappa shape index (κ1) is 23.5. The van der Waals surface area contributed by atoms with Crippen molar-refractivity contribution in [3.8, 4) is 5.69 Å². The smallest absolute Gasteiger partial charge is 0.155 e. The second-order valence-corrected chi connectivity index (χ2v) is 14.3. The van der Waals surface area contributed by atoms with Gasteiger partial charge in [0.25, 0.3) is 0 Å². The van der Waals surface area contributed by atoms with Crippen LogP contribution in [0.2, 0.25) is 5.54 Å². The lowest BCUT2D eigenvalue weighted by Gasteiger charge is -2.41. The highest BCUT2D eigenvalue weighted by molar-refractivity contribution is 7.09. The van der Waals surface area contributed by atoms with Crippen LogP contribution in [-0.2, 0) is 6.42 Å². The van der Waals surface area contributed by atoms with Gasteiger partial charge < -0.3 is 9.88 Å². The molecule has 7 rings (SSSR count). The van der Waals surface area contributed by atoms with E-state index in [9.17, 15) is 0 Å². The Bertz CT molecular complexity index is 1700. The number of nitrogens with zero attached hydrogens (tertiary/aromatic N) is 1. The highest BCUT2D eigenvalue weighted by Crippen LogP contribution is 2.42. The standard InChI is InChI=1S/C36H30N2Si/c1-4-13-28(14-5-1)38-35-21-11-10-20-33(35)34-27-32(22-23-36(34)38)39(29-15-6-2-7-16-29,30-17-8-3-9-18-30)31-19-12-25-37-26-24-31/h1-26,32,37H,27H2. The first-order valence-corrected chi connectivity index (χ1v) is 15.7. The van der Waals surface area contributed by atoms with E-state index in [-0.39, 0.29) is 0 Å². The Morgan fingerprint density at radius 1 is 0.667 bits per heavy atom. The fraction of sp³-hybridized carbons (Fsp3) is 0.0556. The van der Waals surface area contributed by atoms with Gasteiger partial charge in [0.1, 0.15) is 0 Å². The van der Waals surface area contributed by atoms with E-state index in [0.29, 0.717) is 5.54 Å². The molecule has 0 bridgehead atoms. The minimum Gasteiger partial charge on any atom is -0.368 e. The van der Waals surface area contributed by atoms with Crippen LogP contribution in [-0.4, -0.2) is 12.6 Å². The third-order valence-electron chi connectivity index (χ3n) is 8.24. The van der Waals surface area contributed by atoms with Gasteiger partial charge in [-0.15, -0.1) is 0 Å². The summed E-state index contributed by atoms with van der Waals surface area (Å²) in [6, 6.07) is 42.1. The van der Waals surface area contributed by atoms with Crippen LogP contribution in [0, 0.1) is 0 Å². The summed E-state index contributed by atoms with van der Waals surface area (Å²) in [6.07, 6.45) is 16.8. The largest absolute Gasteiger partial charge is 0.368 e. The van der Waals surface area contributed by atoms with Crippen LogP contribution in [0.5, 0.6) is 0 Å². The molecule has 5 aromatic rings. The van der Waals surface area contributed by atoms with Crippen molar-refractivity contribution in [2.24, 2.45) is 0 Å². The lowest BCUT2D eigenvalue weighted by atomic mass is 10.0.